The molecule has 4 aromatic rings. The highest BCUT2D eigenvalue weighted by Crippen LogP contribution is 2.37. The molecule has 0 saturated carbocycles. The zero-order valence-electron chi connectivity index (χ0n) is 21.7. The number of halogens is 1. The van der Waals surface area contributed by atoms with Gasteiger partial charge >= 0.3 is 0 Å². The first-order valence-corrected chi connectivity index (χ1v) is 13.0. The lowest BCUT2D eigenvalue weighted by Gasteiger charge is -2.30. The van der Waals surface area contributed by atoms with E-state index in [1.807, 2.05) is 42.5 Å². The summed E-state index contributed by atoms with van der Waals surface area (Å²) < 4.78 is 22.1. The molecule has 2 heterocycles. The topological polar surface area (TPSA) is 99.0 Å². The monoisotopic (exact) mass is 548 g/mol. The molecule has 9 nitrogen and oxygen atoms in total. The van der Waals surface area contributed by atoms with Crippen molar-refractivity contribution < 1.29 is 23.5 Å². The van der Waals surface area contributed by atoms with Gasteiger partial charge in [-0.3, -0.25) is 9.69 Å². The molecule has 0 unspecified atom stereocenters. The largest absolute Gasteiger partial charge is 0.497 e. The van der Waals surface area contributed by atoms with Crippen molar-refractivity contribution in [2.45, 2.75) is 19.4 Å². The van der Waals surface area contributed by atoms with Crippen LogP contribution in [0.5, 0.6) is 23.0 Å². The van der Waals surface area contributed by atoms with E-state index in [1.165, 1.54) is 0 Å². The Hall–Kier alpha value is -4.08. The Balaban J connectivity index is 1.17. The molecule has 1 aliphatic rings. The fourth-order valence-electron chi connectivity index (χ4n) is 4.47. The molecular formula is C29H29ClN4O5. The lowest BCUT2D eigenvalue weighted by atomic mass is 9.96. The van der Waals surface area contributed by atoms with Crippen LogP contribution in [-0.2, 0) is 11.3 Å². The Morgan fingerprint density at radius 3 is 2.46 bits per heavy atom. The van der Waals surface area contributed by atoms with Crippen molar-refractivity contribution in [1.82, 2.24) is 15.0 Å². The summed E-state index contributed by atoms with van der Waals surface area (Å²) in [6, 6.07) is 20.0. The van der Waals surface area contributed by atoms with Crippen molar-refractivity contribution >= 4 is 23.2 Å². The second kappa shape index (κ2) is 12.2. The molecule has 1 saturated heterocycles. The van der Waals surface area contributed by atoms with Crippen LogP contribution in [0, 0.1) is 5.92 Å². The highest BCUT2D eigenvalue weighted by molar-refractivity contribution is 6.31. The number of carbonyl (C=O) groups excluding carboxylic acids is 1. The van der Waals surface area contributed by atoms with Crippen molar-refractivity contribution in [3.8, 4) is 34.4 Å². The predicted molar refractivity (Wildman–Crippen MR) is 147 cm³/mol. The molecule has 1 fully saturated rings. The van der Waals surface area contributed by atoms with Crippen molar-refractivity contribution in [2.24, 2.45) is 5.92 Å². The zero-order chi connectivity index (χ0) is 27.2. The average molecular weight is 549 g/mol. The van der Waals surface area contributed by atoms with E-state index in [4.69, 9.17) is 30.3 Å². The summed E-state index contributed by atoms with van der Waals surface area (Å²) in [5.74, 6) is 3.26. The van der Waals surface area contributed by atoms with Crippen molar-refractivity contribution in [1.29, 1.82) is 0 Å². The Morgan fingerprint density at radius 1 is 1.00 bits per heavy atom. The Kier molecular flexibility index (Phi) is 8.29. The van der Waals surface area contributed by atoms with Crippen molar-refractivity contribution in [2.75, 3.05) is 32.6 Å². The highest BCUT2D eigenvalue weighted by atomic mass is 35.5. The standard InChI is InChI=1S/C29H29ClN4O5/c1-36-22-10-7-19(8-11-22)28-32-27(39-33-28)18-34-15-13-20(14-16-34)29(35)31-23-17-21(30)9-12-24(23)38-26-6-4-3-5-25(26)37-2/h3-12,17,20H,13-16,18H2,1-2H3,(H,31,35). The Morgan fingerprint density at radius 2 is 1.74 bits per heavy atom. The highest BCUT2D eigenvalue weighted by Gasteiger charge is 2.27. The number of anilines is 1. The average Bonchev–Trinajstić information content (AvgIpc) is 3.43. The Labute approximate surface area is 231 Å². The number of hydrogen-bond acceptors (Lipinski definition) is 8. The van der Waals surface area contributed by atoms with Crippen LogP contribution in [0.15, 0.2) is 71.3 Å². The van der Waals surface area contributed by atoms with E-state index < -0.39 is 0 Å². The summed E-state index contributed by atoms with van der Waals surface area (Å²) in [7, 11) is 3.21. The number of benzene rings is 3. The third-order valence-electron chi connectivity index (χ3n) is 6.62. The second-order valence-corrected chi connectivity index (χ2v) is 9.61. The van der Waals surface area contributed by atoms with Crippen LogP contribution >= 0.6 is 11.6 Å². The lowest BCUT2D eigenvalue weighted by molar-refractivity contribution is -0.121. The summed E-state index contributed by atoms with van der Waals surface area (Å²) in [6.07, 6.45) is 1.41. The number of piperidine rings is 1. The minimum atomic E-state index is -0.142. The van der Waals surface area contributed by atoms with E-state index in [9.17, 15) is 4.79 Å². The molecule has 1 aromatic heterocycles. The molecule has 0 radical (unpaired) electrons. The number of para-hydroxylation sites is 2. The van der Waals surface area contributed by atoms with Gasteiger partial charge in [-0.2, -0.15) is 4.98 Å². The van der Waals surface area contributed by atoms with Gasteiger partial charge in [0.25, 0.3) is 0 Å². The van der Waals surface area contributed by atoms with E-state index in [1.54, 1.807) is 38.5 Å². The first kappa shape index (κ1) is 26.5. The fraction of sp³-hybridized carbons (Fsp3) is 0.276. The molecule has 3 aromatic carbocycles. The number of nitrogens with one attached hydrogen (secondary N) is 1. The summed E-state index contributed by atoms with van der Waals surface area (Å²) in [5.41, 5.74) is 1.37. The number of likely N-dealkylation sites (tertiary alicyclic amines) is 1. The van der Waals surface area contributed by atoms with E-state index >= 15 is 0 Å². The van der Waals surface area contributed by atoms with E-state index in [-0.39, 0.29) is 11.8 Å². The van der Waals surface area contributed by atoms with Gasteiger partial charge < -0.3 is 24.1 Å². The zero-order valence-corrected chi connectivity index (χ0v) is 22.5. The van der Waals surface area contributed by atoms with E-state index in [0.717, 1.165) is 24.4 Å². The van der Waals surface area contributed by atoms with Crippen LogP contribution in [-0.4, -0.2) is 48.3 Å². The van der Waals surface area contributed by atoms with Crippen LogP contribution in [0.1, 0.15) is 18.7 Å². The smallest absolute Gasteiger partial charge is 0.241 e. The minimum Gasteiger partial charge on any atom is -0.497 e. The van der Waals surface area contributed by atoms with Crippen LogP contribution in [0.4, 0.5) is 5.69 Å². The number of rotatable bonds is 9. The number of hydrogen-bond donors (Lipinski definition) is 1. The number of ether oxygens (including phenoxy) is 3. The van der Waals surface area contributed by atoms with Gasteiger partial charge in [0.2, 0.25) is 17.6 Å². The van der Waals surface area contributed by atoms with E-state index in [0.29, 0.717) is 59.1 Å². The number of amides is 1. The molecule has 0 bridgehead atoms. The van der Waals surface area contributed by atoms with Gasteiger partial charge in [0.1, 0.15) is 5.75 Å². The van der Waals surface area contributed by atoms with Crippen LogP contribution in [0.3, 0.4) is 0 Å². The molecule has 5 rings (SSSR count). The number of methoxy groups -OCH3 is 2. The molecule has 0 aliphatic carbocycles. The number of nitrogens with zero attached hydrogens (tertiary/aromatic N) is 3. The van der Waals surface area contributed by atoms with Crippen LogP contribution < -0.4 is 19.5 Å². The predicted octanol–water partition coefficient (Wildman–Crippen LogP) is 6.05. The van der Waals surface area contributed by atoms with Gasteiger partial charge in [0.15, 0.2) is 17.2 Å². The van der Waals surface area contributed by atoms with Gasteiger partial charge in [-0.1, -0.05) is 28.9 Å². The van der Waals surface area contributed by atoms with Gasteiger partial charge in [0.05, 0.1) is 26.5 Å². The van der Waals surface area contributed by atoms with Crippen LogP contribution in [0.25, 0.3) is 11.4 Å². The summed E-state index contributed by atoms with van der Waals surface area (Å²) in [5, 5.41) is 7.62. The third-order valence-corrected chi connectivity index (χ3v) is 6.86. The molecule has 0 atom stereocenters. The number of carbonyl (C=O) groups is 1. The second-order valence-electron chi connectivity index (χ2n) is 9.17. The molecule has 10 heteroatoms. The summed E-state index contributed by atoms with van der Waals surface area (Å²) >= 11 is 6.23. The molecule has 39 heavy (non-hydrogen) atoms. The molecule has 1 aliphatic heterocycles. The SMILES string of the molecule is COc1ccc(-c2noc(CN3CCC(C(=O)Nc4cc(Cl)ccc4Oc4ccccc4OC)CC3)n2)cc1. The lowest BCUT2D eigenvalue weighted by Crippen LogP contribution is -2.37. The summed E-state index contributed by atoms with van der Waals surface area (Å²) in [6.45, 7) is 2.00. The van der Waals surface area contributed by atoms with Crippen molar-refractivity contribution in [3.05, 3.63) is 77.6 Å². The molecule has 202 valence electrons. The maximum Gasteiger partial charge on any atom is 0.241 e. The molecular weight excluding hydrogens is 520 g/mol. The van der Waals surface area contributed by atoms with Gasteiger partial charge in [-0.15, -0.1) is 0 Å². The van der Waals surface area contributed by atoms with E-state index in [2.05, 4.69) is 20.4 Å². The maximum absolute atomic E-state index is 13.2. The maximum atomic E-state index is 13.2. The Bertz CT molecular complexity index is 1420. The van der Waals surface area contributed by atoms with Crippen LogP contribution in [0.2, 0.25) is 5.02 Å². The fourth-order valence-corrected chi connectivity index (χ4v) is 4.64. The van der Waals surface area contributed by atoms with Gasteiger partial charge in [0, 0.05) is 16.5 Å². The number of aromatic nitrogens is 2. The van der Waals surface area contributed by atoms with Crippen molar-refractivity contribution in [3.63, 3.8) is 0 Å². The third kappa shape index (κ3) is 6.50. The quantitative estimate of drug-likeness (QED) is 0.270. The van der Waals surface area contributed by atoms with Gasteiger partial charge in [-0.05, 0) is 80.5 Å². The first-order valence-electron chi connectivity index (χ1n) is 12.6. The van der Waals surface area contributed by atoms with Gasteiger partial charge in [-0.25, -0.2) is 0 Å². The minimum absolute atomic E-state index is 0.0682. The molecule has 1 N–H and O–H groups in total. The molecule has 1 amide bonds. The summed E-state index contributed by atoms with van der Waals surface area (Å²) in [4.78, 5) is 19.9. The first-order chi connectivity index (χ1) is 19.0. The normalized spacial score (nSPS) is 14.1. The molecule has 0 spiro atoms.